The van der Waals surface area contributed by atoms with Crippen molar-refractivity contribution in [3.05, 3.63) is 28.8 Å². The maximum absolute atomic E-state index is 12.3. The van der Waals surface area contributed by atoms with Gasteiger partial charge < -0.3 is 9.47 Å². The molecule has 0 fully saturated rings. The quantitative estimate of drug-likeness (QED) is 0.613. The monoisotopic (exact) mass is 333 g/mol. The van der Waals surface area contributed by atoms with Crippen LogP contribution in [0.15, 0.2) is 12.1 Å². The molecule has 0 radical (unpaired) electrons. The number of ether oxygens (including phenoxy) is 2. The summed E-state index contributed by atoms with van der Waals surface area (Å²) in [5.74, 6) is -0.854. The molecule has 0 N–H and O–H groups in total. The molecule has 0 saturated carbocycles. The van der Waals surface area contributed by atoms with Crippen molar-refractivity contribution in [3.8, 4) is 11.8 Å². The van der Waals surface area contributed by atoms with Crippen LogP contribution in [0, 0.1) is 11.3 Å². The molecule has 0 saturated heterocycles. The zero-order valence-electron chi connectivity index (χ0n) is 9.95. The molecule has 0 amide bonds. The topological polar surface area (TPSA) is 59.3 Å². The van der Waals surface area contributed by atoms with Gasteiger partial charge in [-0.25, -0.2) is 4.79 Å². The second-order valence-corrected chi connectivity index (χ2v) is 3.92. The number of nitrogens with zero attached hydrogens (tertiary/aromatic N) is 1. The number of hydrogen-bond acceptors (Lipinski definition) is 4. The SMILES string of the molecule is CCOC(=O)c1cc(C#N)c(OC(F)F)c(CBr)c1. The van der Waals surface area contributed by atoms with Crippen molar-refractivity contribution in [2.45, 2.75) is 18.9 Å². The molecule has 0 aliphatic rings. The van der Waals surface area contributed by atoms with E-state index in [1.54, 1.807) is 13.0 Å². The van der Waals surface area contributed by atoms with Crippen LogP contribution in [-0.2, 0) is 10.1 Å². The van der Waals surface area contributed by atoms with Gasteiger partial charge in [-0.05, 0) is 19.1 Å². The lowest BCUT2D eigenvalue weighted by atomic mass is 10.1. The van der Waals surface area contributed by atoms with Gasteiger partial charge >= 0.3 is 12.6 Å². The number of rotatable bonds is 5. The Kier molecular flexibility index (Phi) is 5.70. The summed E-state index contributed by atoms with van der Waals surface area (Å²) in [7, 11) is 0. The largest absolute Gasteiger partial charge is 0.462 e. The predicted molar refractivity (Wildman–Crippen MR) is 66.4 cm³/mol. The minimum atomic E-state index is -3.04. The van der Waals surface area contributed by atoms with Crippen LogP contribution in [0.4, 0.5) is 8.78 Å². The average molecular weight is 334 g/mol. The highest BCUT2D eigenvalue weighted by atomic mass is 79.9. The van der Waals surface area contributed by atoms with Gasteiger partial charge in [0, 0.05) is 10.9 Å². The van der Waals surface area contributed by atoms with E-state index < -0.39 is 12.6 Å². The zero-order valence-corrected chi connectivity index (χ0v) is 11.5. The molecule has 1 rings (SSSR count). The average Bonchev–Trinajstić information content (AvgIpc) is 2.38. The third-order valence-electron chi connectivity index (χ3n) is 2.15. The molecule has 19 heavy (non-hydrogen) atoms. The highest BCUT2D eigenvalue weighted by molar-refractivity contribution is 9.08. The molecule has 7 heteroatoms. The number of halogens is 3. The molecule has 0 atom stereocenters. The normalized spacial score (nSPS) is 10.1. The van der Waals surface area contributed by atoms with Crippen LogP contribution in [0.3, 0.4) is 0 Å². The van der Waals surface area contributed by atoms with Crippen LogP contribution in [0.5, 0.6) is 5.75 Å². The summed E-state index contributed by atoms with van der Waals surface area (Å²) in [6.07, 6.45) is 0. The molecule has 4 nitrogen and oxygen atoms in total. The van der Waals surface area contributed by atoms with Gasteiger partial charge in [0.05, 0.1) is 17.7 Å². The van der Waals surface area contributed by atoms with Gasteiger partial charge in [0.1, 0.15) is 11.8 Å². The molecule has 0 spiro atoms. The van der Waals surface area contributed by atoms with E-state index >= 15 is 0 Å². The number of carbonyl (C=O) groups excluding carboxylic acids is 1. The Hall–Kier alpha value is -1.68. The van der Waals surface area contributed by atoms with Gasteiger partial charge in [-0.1, -0.05) is 15.9 Å². The van der Waals surface area contributed by atoms with Crippen molar-refractivity contribution in [2.75, 3.05) is 6.61 Å². The fourth-order valence-electron chi connectivity index (χ4n) is 1.43. The smallest absolute Gasteiger partial charge is 0.387 e. The fraction of sp³-hybridized carbons (Fsp3) is 0.333. The zero-order chi connectivity index (χ0) is 14.4. The van der Waals surface area contributed by atoms with Crippen LogP contribution in [0.1, 0.15) is 28.4 Å². The molecule has 1 aromatic carbocycles. The van der Waals surface area contributed by atoms with Crippen molar-refractivity contribution in [3.63, 3.8) is 0 Å². The van der Waals surface area contributed by atoms with Crippen molar-refractivity contribution in [2.24, 2.45) is 0 Å². The van der Waals surface area contributed by atoms with Crippen molar-refractivity contribution in [1.29, 1.82) is 5.26 Å². The maximum Gasteiger partial charge on any atom is 0.387 e. The Balaban J connectivity index is 3.28. The van der Waals surface area contributed by atoms with Gasteiger partial charge in [-0.2, -0.15) is 14.0 Å². The van der Waals surface area contributed by atoms with E-state index in [4.69, 9.17) is 10.00 Å². The minimum absolute atomic E-state index is 0.120. The first-order chi connectivity index (χ1) is 9.03. The van der Waals surface area contributed by atoms with E-state index in [2.05, 4.69) is 20.7 Å². The molecular formula is C12H10BrF2NO3. The number of esters is 1. The number of alkyl halides is 3. The minimum Gasteiger partial charge on any atom is -0.462 e. The first-order valence-corrected chi connectivity index (χ1v) is 6.40. The van der Waals surface area contributed by atoms with E-state index in [-0.39, 0.29) is 34.4 Å². The van der Waals surface area contributed by atoms with Crippen LogP contribution in [0.2, 0.25) is 0 Å². The molecular weight excluding hydrogens is 324 g/mol. The molecule has 0 aliphatic carbocycles. The van der Waals surface area contributed by atoms with Gasteiger partial charge in [0.2, 0.25) is 0 Å². The molecule has 0 bridgehead atoms. The van der Waals surface area contributed by atoms with E-state index in [9.17, 15) is 13.6 Å². The summed E-state index contributed by atoms with van der Waals surface area (Å²) in [5, 5.41) is 9.11. The van der Waals surface area contributed by atoms with E-state index in [0.29, 0.717) is 0 Å². The van der Waals surface area contributed by atoms with E-state index in [1.165, 1.54) is 12.1 Å². The molecule has 0 unspecified atom stereocenters. The number of carbonyl (C=O) groups is 1. The van der Waals surface area contributed by atoms with Crippen LogP contribution in [-0.4, -0.2) is 19.2 Å². The Morgan fingerprint density at radius 3 is 2.68 bits per heavy atom. The number of benzene rings is 1. The molecule has 0 aliphatic heterocycles. The van der Waals surface area contributed by atoms with Crippen molar-refractivity contribution >= 4 is 21.9 Å². The van der Waals surface area contributed by atoms with Crippen molar-refractivity contribution in [1.82, 2.24) is 0 Å². The Labute approximate surface area is 117 Å². The third kappa shape index (κ3) is 3.89. The van der Waals surface area contributed by atoms with Gasteiger partial charge in [-0.15, -0.1) is 0 Å². The molecule has 102 valence electrons. The molecule has 0 aromatic heterocycles. The van der Waals surface area contributed by atoms with Gasteiger partial charge in [0.15, 0.2) is 0 Å². The second kappa shape index (κ2) is 7.04. The van der Waals surface area contributed by atoms with E-state index in [0.717, 1.165) is 0 Å². The summed E-state index contributed by atoms with van der Waals surface area (Å²) >= 11 is 3.10. The summed E-state index contributed by atoms with van der Waals surface area (Å²) in [5.41, 5.74) is 0.261. The Morgan fingerprint density at radius 2 is 2.21 bits per heavy atom. The van der Waals surface area contributed by atoms with Gasteiger partial charge in [-0.3, -0.25) is 0 Å². The molecule has 1 aromatic rings. The predicted octanol–water partition coefficient (Wildman–Crippen LogP) is 3.23. The van der Waals surface area contributed by atoms with E-state index in [1.807, 2.05) is 0 Å². The van der Waals surface area contributed by atoms with Crippen molar-refractivity contribution < 1.29 is 23.0 Å². The first kappa shape index (κ1) is 15.4. The lowest BCUT2D eigenvalue weighted by molar-refractivity contribution is -0.0505. The lowest BCUT2D eigenvalue weighted by Crippen LogP contribution is -2.10. The Morgan fingerprint density at radius 1 is 1.53 bits per heavy atom. The van der Waals surface area contributed by atoms with Crippen LogP contribution >= 0.6 is 15.9 Å². The van der Waals surface area contributed by atoms with Gasteiger partial charge in [0.25, 0.3) is 0 Å². The lowest BCUT2D eigenvalue weighted by Gasteiger charge is -2.12. The summed E-state index contributed by atoms with van der Waals surface area (Å²) in [4.78, 5) is 11.6. The summed E-state index contributed by atoms with van der Waals surface area (Å²) < 4.78 is 33.7. The standard InChI is InChI=1S/C12H10BrF2NO3/c1-2-18-11(17)7-3-8(5-13)10(19-12(14)15)9(4-7)6-16/h3-4,12H,2,5H2,1H3. The first-order valence-electron chi connectivity index (χ1n) is 5.28. The molecule has 0 heterocycles. The third-order valence-corrected chi connectivity index (χ3v) is 2.75. The number of hydrogen-bond donors (Lipinski definition) is 0. The highest BCUT2D eigenvalue weighted by Crippen LogP contribution is 2.29. The second-order valence-electron chi connectivity index (χ2n) is 3.36. The summed E-state index contributed by atoms with van der Waals surface area (Å²) in [6, 6.07) is 4.25. The maximum atomic E-state index is 12.3. The highest BCUT2D eigenvalue weighted by Gasteiger charge is 2.18. The van der Waals surface area contributed by atoms with Crippen LogP contribution in [0.25, 0.3) is 0 Å². The fourth-order valence-corrected chi connectivity index (χ4v) is 1.85. The van der Waals surface area contributed by atoms with Crippen LogP contribution < -0.4 is 4.74 Å². The summed E-state index contributed by atoms with van der Waals surface area (Å²) in [6.45, 7) is -1.22. The Bertz CT molecular complexity index is 514. The number of nitriles is 1.